The molecule has 13 aromatic carbocycles. The van der Waals surface area contributed by atoms with E-state index in [9.17, 15) is 26.3 Å². The van der Waals surface area contributed by atoms with Gasteiger partial charge in [0.1, 0.15) is 0 Å². The summed E-state index contributed by atoms with van der Waals surface area (Å²) >= 11 is 0. The number of alkyl halides is 6. The lowest BCUT2D eigenvalue weighted by Gasteiger charge is -2.24. The van der Waals surface area contributed by atoms with Gasteiger partial charge in [-0.1, -0.05) is 243 Å². The van der Waals surface area contributed by atoms with Crippen LogP contribution in [0.15, 0.2) is 260 Å². The highest BCUT2D eigenvalue weighted by molar-refractivity contribution is 6.32. The average molecular weight is 1100 g/mol. The first-order chi connectivity index (χ1) is 41.0. The van der Waals surface area contributed by atoms with Gasteiger partial charge in [-0.05, 0) is 190 Å². The van der Waals surface area contributed by atoms with Crippen LogP contribution in [0.4, 0.5) is 26.3 Å². The zero-order chi connectivity index (χ0) is 56.6. The van der Waals surface area contributed by atoms with Crippen molar-refractivity contribution in [1.82, 2.24) is 0 Å². The lowest BCUT2D eigenvalue weighted by Crippen LogP contribution is -2.13. The summed E-state index contributed by atoms with van der Waals surface area (Å²) in [6.45, 7) is 0. The Bertz CT molecular complexity index is 5000. The number of hydrogen-bond acceptors (Lipinski definition) is 0. The van der Waals surface area contributed by atoms with E-state index in [1.54, 1.807) is 18.2 Å². The summed E-state index contributed by atoms with van der Waals surface area (Å²) in [5.41, 5.74) is 20.9. The van der Waals surface area contributed by atoms with Crippen LogP contribution in [-0.2, 0) is 6.18 Å². The summed E-state index contributed by atoms with van der Waals surface area (Å²) in [4.78, 5) is 0. The van der Waals surface area contributed by atoms with E-state index in [0.29, 0.717) is 5.56 Å². The molecule has 0 bridgehead atoms. The third-order valence-corrected chi connectivity index (χ3v) is 17.8. The minimum absolute atomic E-state index is 0.115. The fourth-order valence-electron chi connectivity index (χ4n) is 14.3. The number of hydrogen-bond donors (Lipinski definition) is 0. The standard InChI is InChI=1S/C78H46F6/c79-77(80,81)49-37-33-47(34-38-49)67-59-25-11-13-27-61(59)71(55-23-9-7-21-51(55)45-17-3-1-4-18-45)75-65-43-41-53(57-29-15-31-63(69(57)65)73(67)75)54-42-44-66-70-58(54)30-16-32-64(70)74-68(48-35-39-50(40-36-48)78(82,83)84)60-26-12-14-28-62(60)72(76(66)74)56-24-10-8-22-52(56)46-19-5-2-6-20-46/h1-35,37-39,41-44H,36,40H2. The quantitative estimate of drug-likeness (QED) is 0.140. The van der Waals surface area contributed by atoms with Gasteiger partial charge >= 0.3 is 12.4 Å². The van der Waals surface area contributed by atoms with Crippen molar-refractivity contribution in [1.29, 1.82) is 0 Å². The molecule has 3 aliphatic carbocycles. The predicted molar refractivity (Wildman–Crippen MR) is 334 cm³/mol. The first-order valence-electron chi connectivity index (χ1n) is 28.3. The summed E-state index contributed by atoms with van der Waals surface area (Å²) in [6.07, 6.45) is -5.83. The van der Waals surface area contributed by atoms with Crippen LogP contribution >= 0.6 is 0 Å². The highest BCUT2D eigenvalue weighted by Gasteiger charge is 2.38. The van der Waals surface area contributed by atoms with E-state index in [1.807, 2.05) is 42.5 Å². The molecule has 0 radical (unpaired) electrons. The second kappa shape index (κ2) is 18.7. The van der Waals surface area contributed by atoms with Gasteiger partial charge in [0.05, 0.1) is 5.56 Å². The van der Waals surface area contributed by atoms with Crippen LogP contribution in [0.5, 0.6) is 0 Å². The summed E-state index contributed by atoms with van der Waals surface area (Å²) in [7, 11) is 0. The highest BCUT2D eigenvalue weighted by atomic mass is 19.4. The van der Waals surface area contributed by atoms with Gasteiger partial charge in [-0.15, -0.1) is 0 Å². The van der Waals surface area contributed by atoms with Crippen molar-refractivity contribution < 1.29 is 26.3 Å². The number of rotatable bonds is 7. The lowest BCUT2D eigenvalue weighted by molar-refractivity contribution is -0.137. The van der Waals surface area contributed by atoms with Crippen LogP contribution in [0, 0.1) is 0 Å². The Kier molecular flexibility index (Phi) is 11.1. The van der Waals surface area contributed by atoms with E-state index in [4.69, 9.17) is 0 Å². The highest BCUT2D eigenvalue weighted by Crippen LogP contribution is 2.62. The van der Waals surface area contributed by atoms with Crippen molar-refractivity contribution in [3.05, 3.63) is 272 Å². The number of allylic oxidation sites excluding steroid dienone is 4. The molecule has 0 spiro atoms. The molecule has 0 nitrogen and oxygen atoms in total. The first-order valence-corrected chi connectivity index (χ1v) is 28.3. The maximum atomic E-state index is 14.3. The molecule has 0 amide bonds. The topological polar surface area (TPSA) is 0 Å². The molecule has 6 heteroatoms. The zero-order valence-corrected chi connectivity index (χ0v) is 44.9. The summed E-state index contributed by atoms with van der Waals surface area (Å²) in [5.74, 6) is 0. The molecule has 3 aliphatic rings. The second-order valence-corrected chi connectivity index (χ2v) is 22.1. The zero-order valence-electron chi connectivity index (χ0n) is 44.9. The molecule has 0 fully saturated rings. The minimum Gasteiger partial charge on any atom is -0.166 e. The maximum Gasteiger partial charge on any atom is 0.416 e. The van der Waals surface area contributed by atoms with E-state index >= 15 is 0 Å². The monoisotopic (exact) mass is 1100 g/mol. The van der Waals surface area contributed by atoms with Crippen LogP contribution in [0.1, 0.15) is 24.0 Å². The molecule has 0 saturated heterocycles. The van der Waals surface area contributed by atoms with Crippen LogP contribution in [0.3, 0.4) is 0 Å². The Morgan fingerprint density at radius 3 is 1.05 bits per heavy atom. The third-order valence-electron chi connectivity index (χ3n) is 17.8. The van der Waals surface area contributed by atoms with Gasteiger partial charge in [-0.2, -0.15) is 26.3 Å². The molecule has 0 saturated carbocycles. The molecule has 0 aliphatic heterocycles. The predicted octanol–water partition coefficient (Wildman–Crippen LogP) is 23.3. The number of halogens is 6. The van der Waals surface area contributed by atoms with E-state index < -0.39 is 23.5 Å². The lowest BCUT2D eigenvalue weighted by atomic mass is 9.79. The molecule has 0 aromatic heterocycles. The molecule has 84 heavy (non-hydrogen) atoms. The number of benzene rings is 13. The van der Waals surface area contributed by atoms with Gasteiger partial charge in [0.2, 0.25) is 0 Å². The summed E-state index contributed by atoms with van der Waals surface area (Å²) < 4.78 is 85.7. The van der Waals surface area contributed by atoms with Crippen LogP contribution in [0.25, 0.3) is 160 Å². The maximum absolute atomic E-state index is 14.3. The molecule has 0 atom stereocenters. The molecule has 0 N–H and O–H groups in total. The molecule has 0 unspecified atom stereocenters. The van der Waals surface area contributed by atoms with E-state index in [0.717, 1.165) is 160 Å². The minimum atomic E-state index is -4.50. The van der Waals surface area contributed by atoms with Crippen molar-refractivity contribution in [2.24, 2.45) is 0 Å². The van der Waals surface area contributed by atoms with Gasteiger partial charge in [0.15, 0.2) is 0 Å². The van der Waals surface area contributed by atoms with Gasteiger partial charge < -0.3 is 0 Å². The molecular formula is C78H46F6. The normalized spacial score (nSPS) is 13.4. The smallest absolute Gasteiger partial charge is 0.166 e. The first kappa shape index (κ1) is 49.7. The van der Waals surface area contributed by atoms with Gasteiger partial charge in [0.25, 0.3) is 0 Å². The van der Waals surface area contributed by atoms with Crippen molar-refractivity contribution in [3.63, 3.8) is 0 Å². The van der Waals surface area contributed by atoms with Gasteiger partial charge in [-0.3, -0.25) is 0 Å². The van der Waals surface area contributed by atoms with Gasteiger partial charge in [-0.25, -0.2) is 0 Å². The fourth-order valence-corrected chi connectivity index (χ4v) is 14.3. The fraction of sp³-hybridized carbons (Fsp3) is 0.0513. The van der Waals surface area contributed by atoms with Crippen molar-refractivity contribution >= 4 is 48.7 Å². The molecule has 16 rings (SSSR count). The average Bonchev–Trinajstić information content (AvgIpc) is 1.79. The largest absolute Gasteiger partial charge is 0.416 e. The summed E-state index contributed by atoms with van der Waals surface area (Å²) in [5, 5.41) is 8.14. The van der Waals surface area contributed by atoms with E-state index in [-0.39, 0.29) is 12.8 Å². The Labute approximate surface area is 480 Å². The van der Waals surface area contributed by atoms with Crippen LogP contribution < -0.4 is 0 Å². The van der Waals surface area contributed by atoms with E-state index in [1.165, 1.54) is 18.2 Å². The van der Waals surface area contributed by atoms with Gasteiger partial charge in [0, 0.05) is 5.57 Å². The molecular weight excluding hydrogens is 1050 g/mol. The van der Waals surface area contributed by atoms with Crippen LogP contribution in [0.2, 0.25) is 0 Å². The Balaban J connectivity index is 0.969. The molecule has 13 aromatic rings. The summed E-state index contributed by atoms with van der Waals surface area (Å²) in [6, 6.07) is 81.9. The Morgan fingerprint density at radius 1 is 0.226 bits per heavy atom. The van der Waals surface area contributed by atoms with Crippen LogP contribution in [-0.4, -0.2) is 6.18 Å². The third kappa shape index (κ3) is 7.49. The number of fused-ring (bicyclic) bond motifs is 8. The molecule has 0 heterocycles. The second-order valence-electron chi connectivity index (χ2n) is 22.1. The SMILES string of the molecule is FC(F)(F)C1=CC=C(c2c3c(c(-c4ccccc4-c4ccccc4)c4ccccc24)-c2ccc(-c4ccc5c6c(cccc46)-c4c-5c(-c5ccccc5-c5ccccc5)c5ccccc5c4-c4ccc(C(F)(F)F)cc4)c4cccc-3c24)CC1. The molecule has 400 valence electrons. The van der Waals surface area contributed by atoms with Crippen molar-refractivity contribution in [2.45, 2.75) is 25.2 Å². The Morgan fingerprint density at radius 2 is 0.595 bits per heavy atom. The van der Waals surface area contributed by atoms with Crippen molar-refractivity contribution in [2.75, 3.05) is 0 Å². The Hall–Kier alpha value is -10.0. The van der Waals surface area contributed by atoms with E-state index in [2.05, 4.69) is 176 Å². The van der Waals surface area contributed by atoms with Crippen molar-refractivity contribution in [3.8, 4) is 111 Å².